The van der Waals surface area contributed by atoms with E-state index in [1.54, 1.807) is 12.1 Å². The zero-order valence-corrected chi connectivity index (χ0v) is 41.1. The molecule has 0 unspecified atom stereocenters. The van der Waals surface area contributed by atoms with Gasteiger partial charge in [0.1, 0.15) is 36.3 Å². The van der Waals surface area contributed by atoms with E-state index in [4.69, 9.17) is 16.3 Å². The maximum Gasteiger partial charge on any atom is 0.329 e. The minimum atomic E-state index is -1.50. The van der Waals surface area contributed by atoms with E-state index in [9.17, 15) is 38.8 Å². The standard InChI is InChI=1S/C48H68ClN7O8S/c1-27(2)20-35-45(60)54(8)30(7)48(63)64-40(16-13-19-50)44(59)53-37(23-31-14-11-12-15-31)47(62)55(9)38(22-29(5)6)42(57)52-36(21-28(3)4)46(61)56(10)39(43(58)51-35)24-32-26-65-41-18-17-33(49)25-34(32)41/h14,17-18,25-30,35-40H,11-13,15-16,20-24H2,1-10H3,(H,51,58)(H,52,57)(H,53,59)/t30-,35-,36-,37-,38-,39-,40+/m0/s1. The largest absolute Gasteiger partial charge is 0.451 e. The number of thiophene rings is 1. The van der Waals surface area contributed by atoms with Crippen LogP contribution in [-0.4, -0.2) is 120 Å². The first kappa shape index (κ1) is 52.6. The highest BCUT2D eigenvalue weighted by atomic mass is 35.5. The summed E-state index contributed by atoms with van der Waals surface area (Å²) < 4.78 is 6.67. The van der Waals surface area contributed by atoms with E-state index in [0.717, 1.165) is 39.0 Å². The summed E-state index contributed by atoms with van der Waals surface area (Å²) in [6.45, 7) is 12.8. The monoisotopic (exact) mass is 937 g/mol. The van der Waals surface area contributed by atoms with Gasteiger partial charge in [0.25, 0.3) is 5.91 Å². The normalized spacial score (nSPS) is 25.1. The molecule has 1 saturated heterocycles. The highest BCUT2D eigenvalue weighted by Gasteiger charge is 2.40. The lowest BCUT2D eigenvalue weighted by Crippen LogP contribution is -2.60. The Kier molecular flexibility index (Phi) is 19.4. The molecule has 17 heteroatoms. The molecule has 6 amide bonds. The summed E-state index contributed by atoms with van der Waals surface area (Å²) in [7, 11) is 4.39. The third kappa shape index (κ3) is 14.2. The SMILES string of the molecule is CC(C)C[C@@H]1NC(=O)[C@H](Cc2csc3ccc(Cl)cc23)N(C)C(=O)[C@H](CC(C)C)NC(=O)[C@H](CC(C)C)N(C)C(=O)[C@H](CC2=CCCC2)NC(=O)[C@@H](CCC#N)OC(=O)[C@H](C)N(C)C1=O. The van der Waals surface area contributed by atoms with Crippen LogP contribution in [0.4, 0.5) is 0 Å². The number of nitriles is 1. The molecule has 15 nitrogen and oxygen atoms in total. The number of nitrogens with one attached hydrogen (secondary N) is 3. The fraction of sp³-hybridized carbons (Fsp3) is 0.625. The molecule has 0 radical (unpaired) electrons. The van der Waals surface area contributed by atoms with E-state index in [1.165, 1.54) is 49.2 Å². The Balaban J connectivity index is 1.89. The van der Waals surface area contributed by atoms with Gasteiger partial charge in [-0.2, -0.15) is 5.26 Å². The summed E-state index contributed by atoms with van der Waals surface area (Å²) in [4.78, 5) is 105. The smallest absolute Gasteiger partial charge is 0.329 e. The van der Waals surface area contributed by atoms with Crippen LogP contribution in [-0.2, 0) is 44.7 Å². The zero-order valence-electron chi connectivity index (χ0n) is 39.6. The first-order chi connectivity index (χ1) is 30.6. The van der Waals surface area contributed by atoms with Crippen LogP contribution >= 0.6 is 22.9 Å². The molecule has 3 N–H and O–H groups in total. The summed E-state index contributed by atoms with van der Waals surface area (Å²) in [6, 6.07) is 0.486. The third-order valence-corrected chi connectivity index (χ3v) is 13.4. The molecule has 1 fully saturated rings. The van der Waals surface area contributed by atoms with Gasteiger partial charge in [0.15, 0.2) is 6.10 Å². The molecule has 1 aromatic heterocycles. The van der Waals surface area contributed by atoms with Gasteiger partial charge in [-0.05, 0) is 104 Å². The molecule has 4 rings (SSSR count). The first-order valence-corrected chi connectivity index (χ1v) is 24.0. The van der Waals surface area contributed by atoms with E-state index in [0.29, 0.717) is 11.4 Å². The Morgan fingerprint density at radius 2 is 1.32 bits per heavy atom. The molecular weight excluding hydrogens is 870 g/mol. The van der Waals surface area contributed by atoms with Crippen LogP contribution in [0.3, 0.4) is 0 Å². The number of esters is 1. The van der Waals surface area contributed by atoms with Gasteiger partial charge >= 0.3 is 5.97 Å². The number of carbonyl (C=O) groups excluding carboxylic acids is 7. The minimum Gasteiger partial charge on any atom is -0.451 e. The predicted octanol–water partition coefficient (Wildman–Crippen LogP) is 5.92. The Bertz CT molecular complexity index is 2130. The fourth-order valence-electron chi connectivity index (χ4n) is 8.36. The Morgan fingerprint density at radius 3 is 1.89 bits per heavy atom. The average Bonchev–Trinajstić information content (AvgIpc) is 3.92. The Labute approximate surface area is 393 Å². The number of cyclic esters (lactones) is 1. The van der Waals surface area contributed by atoms with Crippen LogP contribution in [0.1, 0.15) is 112 Å². The van der Waals surface area contributed by atoms with Gasteiger partial charge in [0, 0.05) is 50.1 Å². The van der Waals surface area contributed by atoms with Crippen molar-refractivity contribution in [1.82, 2.24) is 30.7 Å². The van der Waals surface area contributed by atoms with Crippen molar-refractivity contribution in [3.63, 3.8) is 0 Å². The van der Waals surface area contributed by atoms with Gasteiger partial charge in [-0.15, -0.1) is 11.3 Å². The molecule has 1 aliphatic heterocycles. The number of amides is 6. The zero-order chi connectivity index (χ0) is 48.3. The van der Waals surface area contributed by atoms with E-state index in [2.05, 4.69) is 16.0 Å². The molecule has 0 bridgehead atoms. The molecule has 2 aromatic rings. The lowest BCUT2D eigenvalue weighted by atomic mass is 9.96. The number of halogens is 1. The minimum absolute atomic E-state index is 0.0358. The summed E-state index contributed by atoms with van der Waals surface area (Å²) in [6.07, 6.45) is 3.35. The predicted molar refractivity (Wildman–Crippen MR) is 251 cm³/mol. The summed E-state index contributed by atoms with van der Waals surface area (Å²) in [5, 5.41) is 21.4. The van der Waals surface area contributed by atoms with Crippen LogP contribution in [0.25, 0.3) is 10.1 Å². The molecule has 0 saturated carbocycles. The van der Waals surface area contributed by atoms with Gasteiger partial charge < -0.3 is 35.4 Å². The quantitative estimate of drug-likeness (QED) is 0.171. The molecular formula is C48H68ClN7O8S. The van der Waals surface area contributed by atoms with Crippen LogP contribution in [0.2, 0.25) is 5.02 Å². The second-order valence-corrected chi connectivity index (χ2v) is 20.2. The second-order valence-electron chi connectivity index (χ2n) is 18.8. The number of hydrogen-bond donors (Lipinski definition) is 3. The first-order valence-electron chi connectivity index (χ1n) is 22.7. The molecule has 2 heterocycles. The number of allylic oxidation sites excluding steroid dienone is 1. The maximum absolute atomic E-state index is 14.9. The van der Waals surface area contributed by atoms with Crippen molar-refractivity contribution in [2.75, 3.05) is 21.1 Å². The van der Waals surface area contributed by atoms with E-state index in [-0.39, 0.29) is 62.7 Å². The van der Waals surface area contributed by atoms with Crippen molar-refractivity contribution in [3.8, 4) is 6.07 Å². The number of carbonyl (C=O) groups is 7. The van der Waals surface area contributed by atoms with Crippen molar-refractivity contribution in [3.05, 3.63) is 45.8 Å². The van der Waals surface area contributed by atoms with Gasteiger partial charge in [0.2, 0.25) is 29.5 Å². The molecule has 1 aromatic carbocycles. The number of benzene rings is 1. The van der Waals surface area contributed by atoms with E-state index in [1.807, 2.05) is 65.1 Å². The summed E-state index contributed by atoms with van der Waals surface area (Å²) >= 11 is 7.89. The molecule has 65 heavy (non-hydrogen) atoms. The van der Waals surface area contributed by atoms with E-state index >= 15 is 0 Å². The number of nitrogens with zero attached hydrogens (tertiary/aromatic N) is 4. The molecule has 7 atom stereocenters. The second kappa shape index (κ2) is 24.0. The average molecular weight is 939 g/mol. The number of rotatable bonds is 12. The van der Waals surface area contributed by atoms with Gasteiger partial charge in [0.05, 0.1) is 6.07 Å². The third-order valence-electron chi connectivity index (χ3n) is 12.2. The van der Waals surface area contributed by atoms with Gasteiger partial charge in [-0.3, -0.25) is 28.8 Å². The molecule has 0 spiro atoms. The lowest BCUT2D eigenvalue weighted by Gasteiger charge is -2.35. The topological polar surface area (TPSA) is 198 Å². The number of fused-ring (bicyclic) bond motifs is 1. The van der Waals surface area contributed by atoms with Crippen LogP contribution in [0.15, 0.2) is 35.2 Å². The maximum atomic E-state index is 14.9. The molecule has 2 aliphatic rings. The van der Waals surface area contributed by atoms with Gasteiger partial charge in [-0.25, -0.2) is 4.79 Å². The Hall–Kier alpha value is -5.01. The fourth-order valence-corrected chi connectivity index (χ4v) is 9.48. The van der Waals surface area contributed by atoms with Crippen molar-refractivity contribution in [1.29, 1.82) is 5.26 Å². The van der Waals surface area contributed by atoms with Crippen LogP contribution < -0.4 is 16.0 Å². The molecule has 1 aliphatic carbocycles. The highest BCUT2D eigenvalue weighted by molar-refractivity contribution is 7.17. The number of likely N-dealkylation sites (N-methyl/N-ethyl adjacent to an activating group) is 3. The van der Waals surface area contributed by atoms with Gasteiger partial charge in [-0.1, -0.05) is 64.8 Å². The van der Waals surface area contributed by atoms with Crippen LogP contribution in [0, 0.1) is 29.1 Å². The van der Waals surface area contributed by atoms with Crippen molar-refractivity contribution >= 4 is 74.4 Å². The molecule has 356 valence electrons. The van der Waals surface area contributed by atoms with Crippen molar-refractivity contribution < 1.29 is 38.3 Å². The lowest BCUT2D eigenvalue weighted by molar-refractivity contribution is -0.163. The van der Waals surface area contributed by atoms with Crippen molar-refractivity contribution in [2.45, 2.75) is 155 Å². The summed E-state index contributed by atoms with van der Waals surface area (Å²) in [5.41, 5.74) is 1.70. The van der Waals surface area contributed by atoms with Crippen LogP contribution in [0.5, 0.6) is 0 Å². The Morgan fingerprint density at radius 1 is 0.769 bits per heavy atom. The summed E-state index contributed by atoms with van der Waals surface area (Å²) in [5.74, 6) is -4.96. The highest BCUT2D eigenvalue weighted by Crippen LogP contribution is 2.31. The van der Waals surface area contributed by atoms with Crippen molar-refractivity contribution in [2.24, 2.45) is 17.8 Å². The number of ether oxygens (including phenoxy) is 1. The van der Waals surface area contributed by atoms with E-state index < -0.39 is 83.8 Å². The number of hydrogen-bond acceptors (Lipinski definition) is 10.